The van der Waals surface area contributed by atoms with E-state index in [1.165, 1.54) is 6.20 Å². The summed E-state index contributed by atoms with van der Waals surface area (Å²) in [6, 6.07) is 5.50. The summed E-state index contributed by atoms with van der Waals surface area (Å²) >= 11 is 12.3. The molecule has 0 spiro atoms. The number of aryl methyl sites for hydroxylation is 1. The lowest BCUT2D eigenvalue weighted by Gasteiger charge is -2.16. The average Bonchev–Trinajstić information content (AvgIpc) is 2.77. The van der Waals surface area contributed by atoms with Crippen molar-refractivity contribution in [3.05, 3.63) is 51.3 Å². The number of nitrogens with zero attached hydrogens (tertiary/aromatic N) is 2. The van der Waals surface area contributed by atoms with Gasteiger partial charge >= 0.3 is 0 Å². The first kappa shape index (κ1) is 15.3. The Morgan fingerprint density at radius 1 is 1.35 bits per heavy atom. The Morgan fingerprint density at radius 2 is 2.10 bits per heavy atom. The summed E-state index contributed by atoms with van der Waals surface area (Å²) in [6.07, 6.45) is 0.590. The minimum Gasteiger partial charge on any atom is -0.383 e. The fourth-order valence-electron chi connectivity index (χ4n) is 2.00. The van der Waals surface area contributed by atoms with E-state index in [0.29, 0.717) is 34.5 Å². The SMILES string of the molecule is COCCn1ncc(Cl)c1C(O)c1ccc(C)cc1Cl. The largest absolute Gasteiger partial charge is 0.383 e. The first-order valence-electron chi connectivity index (χ1n) is 6.19. The molecule has 0 aliphatic carbocycles. The zero-order chi connectivity index (χ0) is 14.7. The van der Waals surface area contributed by atoms with Gasteiger partial charge in [0, 0.05) is 17.7 Å². The third kappa shape index (κ3) is 3.15. The molecule has 4 nitrogen and oxygen atoms in total. The van der Waals surface area contributed by atoms with Crippen molar-refractivity contribution >= 4 is 23.2 Å². The van der Waals surface area contributed by atoms with Crippen LogP contribution in [-0.2, 0) is 11.3 Å². The summed E-state index contributed by atoms with van der Waals surface area (Å²) in [7, 11) is 1.61. The van der Waals surface area contributed by atoms with Crippen LogP contribution in [-0.4, -0.2) is 28.6 Å². The van der Waals surface area contributed by atoms with Crippen LogP contribution in [0, 0.1) is 6.92 Å². The zero-order valence-corrected chi connectivity index (χ0v) is 12.8. The third-order valence-electron chi connectivity index (χ3n) is 3.05. The molecule has 108 valence electrons. The molecule has 0 saturated heterocycles. The van der Waals surface area contributed by atoms with E-state index < -0.39 is 6.10 Å². The first-order valence-corrected chi connectivity index (χ1v) is 6.94. The maximum atomic E-state index is 10.5. The van der Waals surface area contributed by atoms with Gasteiger partial charge in [0.05, 0.1) is 30.1 Å². The van der Waals surface area contributed by atoms with Gasteiger partial charge in [-0.05, 0) is 18.6 Å². The lowest BCUT2D eigenvalue weighted by molar-refractivity contribution is 0.171. The molecule has 20 heavy (non-hydrogen) atoms. The smallest absolute Gasteiger partial charge is 0.124 e. The summed E-state index contributed by atoms with van der Waals surface area (Å²) in [6.45, 7) is 2.94. The van der Waals surface area contributed by atoms with E-state index in [4.69, 9.17) is 27.9 Å². The summed E-state index contributed by atoms with van der Waals surface area (Å²) in [5.74, 6) is 0. The van der Waals surface area contributed by atoms with Crippen molar-refractivity contribution < 1.29 is 9.84 Å². The lowest BCUT2D eigenvalue weighted by atomic mass is 10.0. The quantitative estimate of drug-likeness (QED) is 0.921. The topological polar surface area (TPSA) is 47.3 Å². The number of aliphatic hydroxyl groups excluding tert-OH is 1. The van der Waals surface area contributed by atoms with Crippen LogP contribution in [0.1, 0.15) is 22.9 Å². The predicted octanol–water partition coefficient (Wildman–Crippen LogP) is 3.23. The van der Waals surface area contributed by atoms with Crippen molar-refractivity contribution in [2.75, 3.05) is 13.7 Å². The Kier molecular flexibility index (Phi) is 5.05. The number of halogens is 2. The van der Waals surface area contributed by atoms with Crippen molar-refractivity contribution in [2.24, 2.45) is 0 Å². The molecular weight excluding hydrogens is 299 g/mol. The molecule has 0 aliphatic rings. The summed E-state index contributed by atoms with van der Waals surface area (Å²) in [5.41, 5.74) is 2.16. The van der Waals surface area contributed by atoms with Gasteiger partial charge in [0.25, 0.3) is 0 Å². The van der Waals surface area contributed by atoms with Gasteiger partial charge in [-0.3, -0.25) is 4.68 Å². The van der Waals surface area contributed by atoms with Gasteiger partial charge in [-0.15, -0.1) is 0 Å². The Bertz CT molecular complexity index is 599. The van der Waals surface area contributed by atoms with E-state index in [2.05, 4.69) is 5.10 Å². The molecule has 1 N–H and O–H groups in total. The Hall–Kier alpha value is -1.07. The monoisotopic (exact) mass is 314 g/mol. The van der Waals surface area contributed by atoms with Gasteiger partial charge < -0.3 is 9.84 Å². The molecule has 0 saturated carbocycles. The van der Waals surface area contributed by atoms with Crippen molar-refractivity contribution in [1.29, 1.82) is 0 Å². The van der Waals surface area contributed by atoms with E-state index in [9.17, 15) is 5.11 Å². The second-order valence-electron chi connectivity index (χ2n) is 4.52. The molecule has 0 amide bonds. The minimum atomic E-state index is -0.921. The Labute approximate surface area is 127 Å². The van der Waals surface area contributed by atoms with Crippen molar-refractivity contribution in [3.8, 4) is 0 Å². The summed E-state index contributed by atoms with van der Waals surface area (Å²) in [4.78, 5) is 0. The third-order valence-corrected chi connectivity index (χ3v) is 3.67. The van der Waals surface area contributed by atoms with Gasteiger partial charge in [-0.2, -0.15) is 5.10 Å². The van der Waals surface area contributed by atoms with Crippen LogP contribution < -0.4 is 0 Å². The average molecular weight is 315 g/mol. The highest BCUT2D eigenvalue weighted by atomic mass is 35.5. The van der Waals surface area contributed by atoms with Gasteiger partial charge in [0.1, 0.15) is 6.10 Å². The number of rotatable bonds is 5. The van der Waals surface area contributed by atoms with Crippen LogP contribution >= 0.6 is 23.2 Å². The number of methoxy groups -OCH3 is 1. The number of benzene rings is 1. The normalized spacial score (nSPS) is 12.7. The zero-order valence-electron chi connectivity index (χ0n) is 11.3. The molecule has 0 radical (unpaired) electrons. The van der Waals surface area contributed by atoms with Crippen LogP contribution in [0.5, 0.6) is 0 Å². The van der Waals surface area contributed by atoms with Gasteiger partial charge in [-0.25, -0.2) is 0 Å². The second kappa shape index (κ2) is 6.59. The van der Waals surface area contributed by atoms with Crippen LogP contribution in [0.4, 0.5) is 0 Å². The molecule has 1 atom stereocenters. The molecule has 1 unspecified atom stereocenters. The molecule has 1 aromatic carbocycles. The van der Waals surface area contributed by atoms with Gasteiger partial charge in [-0.1, -0.05) is 35.3 Å². The van der Waals surface area contributed by atoms with Crippen LogP contribution in [0.3, 0.4) is 0 Å². The molecule has 0 aliphatic heterocycles. The molecule has 1 heterocycles. The fraction of sp³-hybridized carbons (Fsp3) is 0.357. The molecule has 0 fully saturated rings. The first-order chi connectivity index (χ1) is 9.54. The number of hydrogen-bond acceptors (Lipinski definition) is 3. The second-order valence-corrected chi connectivity index (χ2v) is 5.34. The molecular formula is C14H16Cl2N2O2. The fourth-order valence-corrected chi connectivity index (χ4v) is 2.58. The molecule has 2 aromatic rings. The van der Waals surface area contributed by atoms with Gasteiger partial charge in [0.15, 0.2) is 0 Å². The summed E-state index contributed by atoms with van der Waals surface area (Å²) < 4.78 is 6.65. The molecule has 2 rings (SSSR count). The maximum absolute atomic E-state index is 10.5. The van der Waals surface area contributed by atoms with E-state index in [0.717, 1.165) is 5.56 Å². The Balaban J connectivity index is 2.37. The highest BCUT2D eigenvalue weighted by Crippen LogP contribution is 2.32. The number of aromatic nitrogens is 2. The number of ether oxygens (including phenoxy) is 1. The predicted molar refractivity (Wildman–Crippen MR) is 79.4 cm³/mol. The van der Waals surface area contributed by atoms with Crippen LogP contribution in [0.25, 0.3) is 0 Å². The van der Waals surface area contributed by atoms with E-state index in [1.807, 2.05) is 19.1 Å². The van der Waals surface area contributed by atoms with Crippen molar-refractivity contribution in [1.82, 2.24) is 9.78 Å². The van der Waals surface area contributed by atoms with Gasteiger partial charge in [0.2, 0.25) is 0 Å². The molecule has 6 heteroatoms. The summed E-state index contributed by atoms with van der Waals surface area (Å²) in [5, 5.41) is 15.6. The highest BCUT2D eigenvalue weighted by Gasteiger charge is 2.21. The number of aliphatic hydroxyl groups is 1. The number of hydrogen-bond donors (Lipinski definition) is 1. The lowest BCUT2D eigenvalue weighted by Crippen LogP contribution is -2.14. The van der Waals surface area contributed by atoms with Crippen molar-refractivity contribution in [3.63, 3.8) is 0 Å². The van der Waals surface area contributed by atoms with Crippen LogP contribution in [0.15, 0.2) is 24.4 Å². The standard InChI is InChI=1S/C14H16Cl2N2O2/c1-9-3-4-10(11(15)7-9)14(19)13-12(16)8-17-18(13)5-6-20-2/h3-4,7-8,14,19H,5-6H2,1-2H3. The van der Waals surface area contributed by atoms with Crippen molar-refractivity contribution in [2.45, 2.75) is 19.6 Å². The highest BCUT2D eigenvalue weighted by molar-refractivity contribution is 6.32. The Morgan fingerprint density at radius 3 is 2.75 bits per heavy atom. The minimum absolute atomic E-state index is 0.408. The molecule has 0 bridgehead atoms. The van der Waals surface area contributed by atoms with Crippen LogP contribution in [0.2, 0.25) is 10.0 Å². The maximum Gasteiger partial charge on any atom is 0.124 e. The van der Waals surface area contributed by atoms with E-state index in [1.54, 1.807) is 17.9 Å². The van der Waals surface area contributed by atoms with E-state index in [-0.39, 0.29) is 0 Å². The van der Waals surface area contributed by atoms with E-state index >= 15 is 0 Å². The molecule has 1 aromatic heterocycles.